The fourth-order valence-corrected chi connectivity index (χ4v) is 5.13. The number of nitrogens with zero attached hydrogens (tertiary/aromatic N) is 4. The minimum atomic E-state index is -0.107. The monoisotopic (exact) mass is 491 g/mol. The summed E-state index contributed by atoms with van der Waals surface area (Å²) in [6.45, 7) is 4.77. The van der Waals surface area contributed by atoms with Gasteiger partial charge in [0.05, 0.1) is 12.4 Å². The van der Waals surface area contributed by atoms with E-state index in [-0.39, 0.29) is 17.6 Å². The Morgan fingerprint density at radius 1 is 1.09 bits per heavy atom. The summed E-state index contributed by atoms with van der Waals surface area (Å²) < 4.78 is 7.47. The van der Waals surface area contributed by atoms with Gasteiger partial charge in [0.25, 0.3) is 5.91 Å². The van der Waals surface area contributed by atoms with Crippen molar-refractivity contribution < 1.29 is 14.3 Å². The van der Waals surface area contributed by atoms with Crippen LogP contribution in [0.15, 0.2) is 60.0 Å². The first-order valence-electron chi connectivity index (χ1n) is 11.8. The second-order valence-electron chi connectivity index (χ2n) is 8.84. The first-order chi connectivity index (χ1) is 17.0. The van der Waals surface area contributed by atoms with Crippen molar-refractivity contribution >= 4 is 29.3 Å². The van der Waals surface area contributed by atoms with Gasteiger partial charge in [-0.1, -0.05) is 23.9 Å². The molecule has 1 aromatic heterocycles. The zero-order chi connectivity index (χ0) is 24.2. The van der Waals surface area contributed by atoms with Crippen LogP contribution in [0.3, 0.4) is 0 Å². The largest absolute Gasteiger partial charge is 0.493 e. The molecule has 1 fully saturated rings. The van der Waals surface area contributed by atoms with Crippen LogP contribution in [-0.2, 0) is 24.8 Å². The van der Waals surface area contributed by atoms with Crippen molar-refractivity contribution in [2.75, 3.05) is 43.9 Å². The van der Waals surface area contributed by atoms with Gasteiger partial charge in [0.2, 0.25) is 5.91 Å². The van der Waals surface area contributed by atoms with Crippen LogP contribution in [-0.4, -0.2) is 69.7 Å². The molecule has 9 heteroatoms. The van der Waals surface area contributed by atoms with E-state index in [1.54, 1.807) is 30.5 Å². The van der Waals surface area contributed by atoms with E-state index in [0.717, 1.165) is 43.6 Å². The van der Waals surface area contributed by atoms with Gasteiger partial charge in [-0.05, 0) is 41.5 Å². The number of aromatic nitrogens is 2. The van der Waals surface area contributed by atoms with Gasteiger partial charge in [-0.3, -0.25) is 14.5 Å². The molecule has 35 heavy (non-hydrogen) atoms. The number of hydrogen-bond donors (Lipinski definition) is 1. The van der Waals surface area contributed by atoms with Crippen molar-refractivity contribution in [1.82, 2.24) is 19.4 Å². The number of amides is 2. The number of fused-ring (bicyclic) bond motifs is 1. The van der Waals surface area contributed by atoms with Crippen LogP contribution in [0.4, 0.5) is 5.69 Å². The molecule has 1 N–H and O–H groups in total. The first kappa shape index (κ1) is 23.4. The molecule has 0 bridgehead atoms. The molecule has 0 aliphatic carbocycles. The molecule has 8 nitrogen and oxygen atoms in total. The number of carbonyl (C=O) groups excluding carboxylic acids is 2. The fraction of sp³-hybridized carbons (Fsp3) is 0.346. The van der Waals surface area contributed by atoms with Crippen LogP contribution in [0, 0.1) is 0 Å². The van der Waals surface area contributed by atoms with Crippen LogP contribution in [0.25, 0.3) is 0 Å². The van der Waals surface area contributed by atoms with Crippen molar-refractivity contribution in [1.29, 1.82) is 0 Å². The highest BCUT2D eigenvalue weighted by Gasteiger charge is 2.23. The van der Waals surface area contributed by atoms with E-state index in [1.165, 1.54) is 22.9 Å². The normalized spacial score (nSPS) is 15.5. The third kappa shape index (κ3) is 5.68. The van der Waals surface area contributed by atoms with Crippen molar-refractivity contribution in [3.05, 3.63) is 71.5 Å². The lowest BCUT2D eigenvalue weighted by atomic mass is 10.1. The standard InChI is InChI=1S/C26H29N5O3S/c1-29-10-9-27-26(29)35-18-24(32)28-22-5-3-20(4-6-22)25(33)31-13-11-30(12-14-31)17-19-2-7-23-21(16-19)8-15-34-23/h2-7,9-10,16H,8,11-15,17-18H2,1H3,(H,28,32). The van der Waals surface area contributed by atoms with Gasteiger partial charge in [0, 0.05) is 69.8 Å². The zero-order valence-corrected chi connectivity index (χ0v) is 20.6. The van der Waals surface area contributed by atoms with Gasteiger partial charge in [-0.2, -0.15) is 0 Å². The minimum absolute atomic E-state index is 0.0301. The summed E-state index contributed by atoms with van der Waals surface area (Å²) in [5.74, 6) is 1.21. The predicted molar refractivity (Wildman–Crippen MR) is 136 cm³/mol. The van der Waals surface area contributed by atoms with Crippen molar-refractivity contribution in [3.63, 3.8) is 0 Å². The van der Waals surface area contributed by atoms with E-state index < -0.39 is 0 Å². The number of hydrogen-bond acceptors (Lipinski definition) is 6. The van der Waals surface area contributed by atoms with Gasteiger partial charge in [-0.25, -0.2) is 4.98 Å². The van der Waals surface area contributed by atoms with E-state index >= 15 is 0 Å². The Kier molecular flexibility index (Phi) is 7.06. The highest BCUT2D eigenvalue weighted by Crippen LogP contribution is 2.26. The quantitative estimate of drug-likeness (QED) is 0.512. The minimum Gasteiger partial charge on any atom is -0.493 e. The maximum absolute atomic E-state index is 13.0. The number of thioether (sulfide) groups is 1. The number of anilines is 1. The van der Waals surface area contributed by atoms with Crippen LogP contribution in [0.2, 0.25) is 0 Å². The molecule has 1 saturated heterocycles. The van der Waals surface area contributed by atoms with Crippen LogP contribution in [0.5, 0.6) is 5.75 Å². The Hall–Kier alpha value is -3.30. The Labute approximate surface area is 209 Å². The number of ether oxygens (including phenoxy) is 1. The second-order valence-corrected chi connectivity index (χ2v) is 9.79. The van der Waals surface area contributed by atoms with Crippen molar-refractivity contribution in [3.8, 4) is 5.75 Å². The number of nitrogens with one attached hydrogen (secondary N) is 1. The van der Waals surface area contributed by atoms with E-state index in [4.69, 9.17) is 4.74 Å². The average Bonchev–Trinajstić information content (AvgIpc) is 3.51. The van der Waals surface area contributed by atoms with E-state index in [2.05, 4.69) is 33.4 Å². The van der Waals surface area contributed by atoms with E-state index in [9.17, 15) is 9.59 Å². The lowest BCUT2D eigenvalue weighted by Crippen LogP contribution is -2.48. The van der Waals surface area contributed by atoms with Gasteiger partial charge >= 0.3 is 0 Å². The third-order valence-corrected chi connectivity index (χ3v) is 7.40. The highest BCUT2D eigenvalue weighted by atomic mass is 32.2. The summed E-state index contributed by atoms with van der Waals surface area (Å²) in [4.78, 5) is 33.7. The number of aryl methyl sites for hydroxylation is 1. The number of piperazine rings is 1. The molecule has 0 atom stereocenters. The molecule has 182 valence electrons. The lowest BCUT2D eigenvalue weighted by molar-refractivity contribution is -0.113. The van der Waals surface area contributed by atoms with Crippen LogP contribution >= 0.6 is 11.8 Å². The molecule has 2 aliphatic rings. The Morgan fingerprint density at radius 3 is 2.63 bits per heavy atom. The molecule has 3 heterocycles. The Balaban J connectivity index is 1.08. The molecule has 3 aromatic rings. The smallest absolute Gasteiger partial charge is 0.253 e. The van der Waals surface area contributed by atoms with Crippen molar-refractivity contribution in [2.24, 2.45) is 7.05 Å². The second kappa shape index (κ2) is 10.5. The van der Waals surface area contributed by atoms with Gasteiger partial charge < -0.3 is 19.5 Å². The topological polar surface area (TPSA) is 79.7 Å². The van der Waals surface area contributed by atoms with Gasteiger partial charge in [0.1, 0.15) is 5.75 Å². The van der Waals surface area contributed by atoms with Gasteiger partial charge in [-0.15, -0.1) is 0 Å². The molecule has 2 aliphatic heterocycles. The summed E-state index contributed by atoms with van der Waals surface area (Å²) in [6.07, 6.45) is 4.54. The molecular weight excluding hydrogens is 462 g/mol. The summed E-state index contributed by atoms with van der Waals surface area (Å²) >= 11 is 1.38. The summed E-state index contributed by atoms with van der Waals surface area (Å²) in [7, 11) is 1.90. The summed E-state index contributed by atoms with van der Waals surface area (Å²) in [6, 6.07) is 13.6. The Bertz CT molecular complexity index is 1200. The maximum atomic E-state index is 13.0. The molecule has 2 amide bonds. The highest BCUT2D eigenvalue weighted by molar-refractivity contribution is 7.99. The number of imidazole rings is 1. The van der Waals surface area contributed by atoms with Crippen LogP contribution < -0.4 is 10.1 Å². The number of benzene rings is 2. The third-order valence-electron chi connectivity index (χ3n) is 6.34. The van der Waals surface area contributed by atoms with E-state index in [1.807, 2.05) is 22.7 Å². The first-order valence-corrected chi connectivity index (χ1v) is 12.8. The summed E-state index contributed by atoms with van der Waals surface area (Å²) in [5.41, 5.74) is 3.90. The lowest BCUT2D eigenvalue weighted by Gasteiger charge is -2.35. The maximum Gasteiger partial charge on any atom is 0.253 e. The SMILES string of the molecule is Cn1ccnc1SCC(=O)Nc1ccc(C(=O)N2CCN(Cc3ccc4c(c3)CCO4)CC2)cc1. The number of rotatable bonds is 7. The molecule has 0 saturated carbocycles. The van der Waals surface area contributed by atoms with E-state index in [0.29, 0.717) is 24.3 Å². The average molecular weight is 492 g/mol. The molecule has 2 aromatic carbocycles. The van der Waals surface area contributed by atoms with Crippen LogP contribution in [0.1, 0.15) is 21.5 Å². The fourth-order valence-electron chi connectivity index (χ4n) is 4.40. The number of carbonyl (C=O) groups is 2. The van der Waals surface area contributed by atoms with Crippen molar-refractivity contribution in [2.45, 2.75) is 18.1 Å². The molecule has 5 rings (SSSR count). The molecule has 0 spiro atoms. The zero-order valence-electron chi connectivity index (χ0n) is 19.8. The summed E-state index contributed by atoms with van der Waals surface area (Å²) in [5, 5.41) is 3.67. The van der Waals surface area contributed by atoms with Gasteiger partial charge in [0.15, 0.2) is 5.16 Å². The predicted octanol–water partition coefficient (Wildman–Crippen LogP) is 3.04. The molecule has 0 unspecified atom stereocenters. The Morgan fingerprint density at radius 2 is 1.89 bits per heavy atom. The molecule has 0 radical (unpaired) electrons. The molecular formula is C26H29N5O3S.